The molecule has 0 radical (unpaired) electrons. The molecular formula is C23H21N3O5. The Balaban J connectivity index is 1.49. The molecule has 2 aromatic carbocycles. The number of imide groups is 1. The van der Waals surface area contributed by atoms with Gasteiger partial charge in [0.2, 0.25) is 5.91 Å². The number of hydrogen-bond donors (Lipinski definition) is 2. The third kappa shape index (κ3) is 3.92. The Bertz CT molecular complexity index is 1150. The molecule has 0 saturated carbocycles. The van der Waals surface area contributed by atoms with E-state index in [1.54, 1.807) is 37.4 Å². The van der Waals surface area contributed by atoms with Gasteiger partial charge in [0.1, 0.15) is 12.6 Å². The first-order valence-corrected chi connectivity index (χ1v) is 9.95. The van der Waals surface area contributed by atoms with Crippen LogP contribution in [0, 0.1) is 0 Å². The molecule has 8 nitrogen and oxygen atoms in total. The summed E-state index contributed by atoms with van der Waals surface area (Å²) in [5.74, 6) is -2.25. The molecule has 158 valence electrons. The molecule has 0 saturated heterocycles. The lowest BCUT2D eigenvalue weighted by Gasteiger charge is -2.19. The molecule has 1 atom stereocenters. The summed E-state index contributed by atoms with van der Waals surface area (Å²) in [6.45, 7) is 1.37. The van der Waals surface area contributed by atoms with Crippen LogP contribution in [0.3, 0.4) is 0 Å². The van der Waals surface area contributed by atoms with Crippen LogP contribution in [-0.2, 0) is 20.7 Å². The summed E-state index contributed by atoms with van der Waals surface area (Å²) in [6.07, 6.45) is 1.99. The summed E-state index contributed by atoms with van der Waals surface area (Å²) in [5, 5.41) is 3.56. The Morgan fingerprint density at radius 3 is 2.35 bits per heavy atom. The topological polar surface area (TPSA) is 109 Å². The number of rotatable bonds is 7. The number of esters is 1. The van der Waals surface area contributed by atoms with Gasteiger partial charge < -0.3 is 15.0 Å². The molecular weight excluding hydrogens is 398 g/mol. The van der Waals surface area contributed by atoms with Crippen LogP contribution in [0.25, 0.3) is 10.9 Å². The van der Waals surface area contributed by atoms with Gasteiger partial charge in [0.15, 0.2) is 0 Å². The minimum Gasteiger partial charge on any atom is -0.464 e. The average Bonchev–Trinajstić information content (AvgIpc) is 3.28. The number of benzene rings is 2. The number of hydrogen-bond acceptors (Lipinski definition) is 5. The lowest BCUT2D eigenvalue weighted by Crippen LogP contribution is -2.48. The van der Waals surface area contributed by atoms with Gasteiger partial charge >= 0.3 is 5.97 Å². The molecule has 1 aliphatic heterocycles. The number of H-pyrrole nitrogens is 1. The lowest BCUT2D eigenvalue weighted by atomic mass is 10.0. The third-order valence-corrected chi connectivity index (χ3v) is 5.19. The van der Waals surface area contributed by atoms with Crippen molar-refractivity contribution in [3.8, 4) is 0 Å². The van der Waals surface area contributed by atoms with E-state index < -0.39 is 36.3 Å². The number of aromatic nitrogens is 1. The van der Waals surface area contributed by atoms with Gasteiger partial charge in [-0.25, -0.2) is 4.79 Å². The van der Waals surface area contributed by atoms with Gasteiger partial charge in [-0.3, -0.25) is 19.3 Å². The predicted molar refractivity (Wildman–Crippen MR) is 112 cm³/mol. The Morgan fingerprint density at radius 2 is 1.68 bits per heavy atom. The first-order valence-electron chi connectivity index (χ1n) is 9.95. The summed E-state index contributed by atoms with van der Waals surface area (Å²) in [7, 11) is 0. The average molecular weight is 419 g/mol. The smallest absolute Gasteiger partial charge is 0.328 e. The zero-order valence-corrected chi connectivity index (χ0v) is 16.9. The van der Waals surface area contributed by atoms with E-state index in [0.29, 0.717) is 0 Å². The van der Waals surface area contributed by atoms with Gasteiger partial charge in [0.25, 0.3) is 11.8 Å². The van der Waals surface area contributed by atoms with E-state index in [-0.39, 0.29) is 24.2 Å². The lowest BCUT2D eigenvalue weighted by molar-refractivity contribution is -0.147. The highest BCUT2D eigenvalue weighted by atomic mass is 16.5. The quantitative estimate of drug-likeness (QED) is 0.450. The van der Waals surface area contributed by atoms with Gasteiger partial charge in [-0.1, -0.05) is 30.3 Å². The van der Waals surface area contributed by atoms with E-state index in [4.69, 9.17) is 4.74 Å². The fourth-order valence-electron chi connectivity index (χ4n) is 3.72. The van der Waals surface area contributed by atoms with Crippen LogP contribution in [0.4, 0.5) is 0 Å². The zero-order chi connectivity index (χ0) is 22.0. The fraction of sp³-hybridized carbons (Fsp3) is 0.217. The molecule has 2 N–H and O–H groups in total. The van der Waals surface area contributed by atoms with E-state index in [1.807, 2.05) is 24.3 Å². The maximum atomic E-state index is 12.7. The summed E-state index contributed by atoms with van der Waals surface area (Å²) in [5.41, 5.74) is 2.29. The molecule has 0 aliphatic carbocycles. The molecule has 1 aromatic heterocycles. The summed E-state index contributed by atoms with van der Waals surface area (Å²) in [6, 6.07) is 13.1. The number of para-hydroxylation sites is 1. The van der Waals surface area contributed by atoms with E-state index in [0.717, 1.165) is 21.4 Å². The molecule has 2 heterocycles. The molecule has 4 rings (SSSR count). The Hall–Kier alpha value is -3.94. The van der Waals surface area contributed by atoms with Gasteiger partial charge in [0.05, 0.1) is 17.7 Å². The van der Waals surface area contributed by atoms with Crippen LogP contribution in [0.5, 0.6) is 0 Å². The fourth-order valence-corrected chi connectivity index (χ4v) is 3.72. The van der Waals surface area contributed by atoms with Crippen molar-refractivity contribution in [3.63, 3.8) is 0 Å². The molecule has 31 heavy (non-hydrogen) atoms. The molecule has 1 aliphatic rings. The predicted octanol–water partition coefficient (Wildman–Crippen LogP) is 2.05. The summed E-state index contributed by atoms with van der Waals surface area (Å²) in [4.78, 5) is 54.2. The van der Waals surface area contributed by atoms with Gasteiger partial charge in [-0.05, 0) is 30.7 Å². The second-order valence-corrected chi connectivity index (χ2v) is 7.18. The molecule has 0 fully saturated rings. The van der Waals surface area contributed by atoms with Gasteiger partial charge in [-0.2, -0.15) is 0 Å². The highest BCUT2D eigenvalue weighted by molar-refractivity contribution is 6.22. The molecule has 0 spiro atoms. The van der Waals surface area contributed by atoms with E-state index in [1.165, 1.54) is 0 Å². The van der Waals surface area contributed by atoms with Gasteiger partial charge in [0, 0.05) is 23.5 Å². The summed E-state index contributed by atoms with van der Waals surface area (Å²) >= 11 is 0. The normalized spacial score (nSPS) is 13.9. The number of aromatic amines is 1. The van der Waals surface area contributed by atoms with Crippen LogP contribution in [0.15, 0.2) is 54.7 Å². The SMILES string of the molecule is CCOC(=O)[C@@H](Cc1c[nH]c2ccccc12)NC(=O)CN1C(=O)c2ccccc2C1=O. The minimum atomic E-state index is -0.957. The number of fused-ring (bicyclic) bond motifs is 2. The van der Waals surface area contributed by atoms with Crippen molar-refractivity contribution in [2.24, 2.45) is 0 Å². The molecule has 0 unspecified atom stereocenters. The standard InChI is InChI=1S/C23H21N3O5/c1-2-31-23(30)19(11-14-12-24-18-10-6-5-7-15(14)18)25-20(27)13-26-21(28)16-8-3-4-9-17(16)22(26)29/h3-10,12,19,24H,2,11,13H2,1H3,(H,25,27)/t19-/m1/s1. The number of ether oxygens (including phenoxy) is 1. The Kier molecular flexibility index (Phi) is 5.53. The summed E-state index contributed by atoms with van der Waals surface area (Å²) < 4.78 is 5.12. The number of nitrogens with zero attached hydrogens (tertiary/aromatic N) is 1. The van der Waals surface area contributed by atoms with Crippen molar-refractivity contribution in [3.05, 3.63) is 71.4 Å². The number of amides is 3. The van der Waals surface area contributed by atoms with Crippen LogP contribution < -0.4 is 5.32 Å². The number of nitrogens with one attached hydrogen (secondary N) is 2. The van der Waals surface area contributed by atoms with Crippen molar-refractivity contribution in [1.82, 2.24) is 15.2 Å². The van der Waals surface area contributed by atoms with Crippen molar-refractivity contribution in [1.29, 1.82) is 0 Å². The van der Waals surface area contributed by atoms with E-state index in [9.17, 15) is 19.2 Å². The van der Waals surface area contributed by atoms with Crippen LogP contribution in [0.2, 0.25) is 0 Å². The molecule has 3 amide bonds. The molecule has 3 aromatic rings. The minimum absolute atomic E-state index is 0.164. The largest absolute Gasteiger partial charge is 0.464 e. The zero-order valence-electron chi connectivity index (χ0n) is 16.9. The Morgan fingerprint density at radius 1 is 1.03 bits per heavy atom. The second-order valence-electron chi connectivity index (χ2n) is 7.18. The highest BCUT2D eigenvalue weighted by Gasteiger charge is 2.37. The van der Waals surface area contributed by atoms with Crippen molar-refractivity contribution in [2.75, 3.05) is 13.2 Å². The van der Waals surface area contributed by atoms with E-state index >= 15 is 0 Å². The molecule has 0 bridgehead atoms. The van der Waals surface area contributed by atoms with Crippen molar-refractivity contribution < 1.29 is 23.9 Å². The second kappa shape index (κ2) is 8.43. The van der Waals surface area contributed by atoms with Gasteiger partial charge in [-0.15, -0.1) is 0 Å². The van der Waals surface area contributed by atoms with Crippen LogP contribution >= 0.6 is 0 Å². The first-order chi connectivity index (χ1) is 15.0. The number of carbonyl (C=O) groups is 4. The maximum Gasteiger partial charge on any atom is 0.328 e. The maximum absolute atomic E-state index is 12.7. The number of carbonyl (C=O) groups excluding carboxylic acids is 4. The van der Waals surface area contributed by atoms with Crippen LogP contribution in [-0.4, -0.2) is 52.8 Å². The van der Waals surface area contributed by atoms with E-state index in [2.05, 4.69) is 10.3 Å². The Labute approximate surface area is 178 Å². The monoisotopic (exact) mass is 419 g/mol. The van der Waals surface area contributed by atoms with Crippen molar-refractivity contribution in [2.45, 2.75) is 19.4 Å². The van der Waals surface area contributed by atoms with Crippen LogP contribution in [0.1, 0.15) is 33.2 Å². The highest BCUT2D eigenvalue weighted by Crippen LogP contribution is 2.22. The third-order valence-electron chi connectivity index (χ3n) is 5.19. The first kappa shape index (κ1) is 20.3. The molecule has 8 heteroatoms. The van der Waals surface area contributed by atoms with Crippen molar-refractivity contribution >= 4 is 34.6 Å².